The zero-order valence-corrected chi connectivity index (χ0v) is 12.9. The van der Waals surface area contributed by atoms with Crippen LogP contribution in [0.15, 0.2) is 72.1 Å². The molecule has 0 aliphatic carbocycles. The highest BCUT2D eigenvalue weighted by Gasteiger charge is 2.38. The smallest absolute Gasteiger partial charge is 0.188 e. The Hall–Kier alpha value is -1.80. The normalized spacial score (nSPS) is 15.3. The van der Waals surface area contributed by atoms with Crippen LogP contribution in [0.25, 0.3) is 0 Å². The van der Waals surface area contributed by atoms with E-state index >= 15 is 0 Å². The summed E-state index contributed by atoms with van der Waals surface area (Å²) in [4.78, 5) is 0. The average molecular weight is 280 g/mol. The first-order valence-corrected chi connectivity index (χ1v) is 9.76. The summed E-state index contributed by atoms with van der Waals surface area (Å²) in [5.41, 5.74) is 0. The number of ether oxygens (including phenoxy) is 1. The van der Waals surface area contributed by atoms with Crippen molar-refractivity contribution in [3.63, 3.8) is 0 Å². The molecule has 0 bridgehead atoms. The van der Waals surface area contributed by atoms with E-state index in [9.17, 15) is 0 Å². The van der Waals surface area contributed by atoms with Gasteiger partial charge in [0.15, 0.2) is 8.07 Å². The summed E-state index contributed by atoms with van der Waals surface area (Å²) in [6, 6.07) is 21.7. The highest BCUT2D eigenvalue weighted by Crippen LogP contribution is 2.21. The first-order chi connectivity index (χ1) is 9.82. The number of hydrogen-bond donors (Lipinski definition) is 0. The van der Waals surface area contributed by atoms with Crippen molar-refractivity contribution >= 4 is 18.4 Å². The molecule has 0 unspecified atom stereocenters. The number of benzene rings is 2. The molecule has 0 saturated carbocycles. The summed E-state index contributed by atoms with van der Waals surface area (Å²) >= 11 is 0. The first kappa shape index (κ1) is 13.2. The van der Waals surface area contributed by atoms with Crippen molar-refractivity contribution in [1.82, 2.24) is 0 Å². The zero-order chi connectivity index (χ0) is 13.8. The van der Waals surface area contributed by atoms with Gasteiger partial charge in [0.25, 0.3) is 0 Å². The van der Waals surface area contributed by atoms with Gasteiger partial charge in [-0.25, -0.2) is 0 Å². The van der Waals surface area contributed by atoms with Crippen molar-refractivity contribution in [2.24, 2.45) is 0 Å². The predicted molar refractivity (Wildman–Crippen MR) is 87.0 cm³/mol. The molecule has 2 aromatic carbocycles. The molecule has 0 N–H and O–H groups in total. The minimum absolute atomic E-state index is 0.855. The first-order valence-electron chi connectivity index (χ1n) is 7.26. The Morgan fingerprint density at radius 2 is 1.40 bits per heavy atom. The van der Waals surface area contributed by atoms with E-state index in [1.54, 1.807) is 0 Å². The highest BCUT2D eigenvalue weighted by atomic mass is 28.3. The van der Waals surface area contributed by atoms with Gasteiger partial charge in [-0.3, -0.25) is 0 Å². The van der Waals surface area contributed by atoms with Crippen LogP contribution in [0.2, 0.25) is 6.55 Å². The Labute approximate surface area is 121 Å². The lowest BCUT2D eigenvalue weighted by molar-refractivity contribution is 0.214. The van der Waals surface area contributed by atoms with Crippen LogP contribution in [0.3, 0.4) is 0 Å². The van der Waals surface area contributed by atoms with Crippen LogP contribution in [0.5, 0.6) is 0 Å². The van der Waals surface area contributed by atoms with Gasteiger partial charge in [-0.05, 0) is 23.2 Å². The van der Waals surface area contributed by atoms with Crippen molar-refractivity contribution in [1.29, 1.82) is 0 Å². The molecule has 0 aromatic heterocycles. The SMILES string of the molecule is C[Si](C1=CCCCO1)(c1ccccc1)c1ccccc1. The average Bonchev–Trinajstić information content (AvgIpc) is 2.56. The third-order valence-corrected chi connectivity index (χ3v) is 8.44. The van der Waals surface area contributed by atoms with Gasteiger partial charge in [0, 0.05) is 0 Å². The third-order valence-electron chi connectivity index (χ3n) is 4.13. The maximum atomic E-state index is 6.07. The van der Waals surface area contributed by atoms with Crippen molar-refractivity contribution in [2.75, 3.05) is 6.61 Å². The Kier molecular flexibility index (Phi) is 3.74. The quantitative estimate of drug-likeness (QED) is 0.785. The maximum Gasteiger partial charge on any atom is 0.188 e. The number of allylic oxidation sites excluding steroid dienone is 1. The topological polar surface area (TPSA) is 9.23 Å². The van der Waals surface area contributed by atoms with E-state index in [1.165, 1.54) is 15.8 Å². The lowest BCUT2D eigenvalue weighted by Crippen LogP contribution is -2.58. The van der Waals surface area contributed by atoms with Crippen LogP contribution in [-0.2, 0) is 4.74 Å². The molecule has 0 atom stereocenters. The van der Waals surface area contributed by atoms with E-state index < -0.39 is 8.07 Å². The van der Waals surface area contributed by atoms with Crippen molar-refractivity contribution in [3.05, 3.63) is 72.1 Å². The van der Waals surface area contributed by atoms with E-state index in [4.69, 9.17) is 4.74 Å². The Morgan fingerprint density at radius 3 is 1.85 bits per heavy atom. The Morgan fingerprint density at radius 1 is 0.850 bits per heavy atom. The Bertz CT molecular complexity index is 550. The Balaban J connectivity index is 2.15. The van der Waals surface area contributed by atoms with Crippen LogP contribution in [0.4, 0.5) is 0 Å². The molecule has 1 nitrogen and oxygen atoms in total. The fourth-order valence-corrected chi connectivity index (χ4v) is 6.46. The van der Waals surface area contributed by atoms with Crippen molar-refractivity contribution < 1.29 is 4.74 Å². The van der Waals surface area contributed by atoms with Crippen molar-refractivity contribution in [3.8, 4) is 0 Å². The molecule has 1 heterocycles. The van der Waals surface area contributed by atoms with Gasteiger partial charge < -0.3 is 4.74 Å². The van der Waals surface area contributed by atoms with E-state index in [2.05, 4.69) is 73.3 Å². The molecule has 0 spiro atoms. The summed E-state index contributed by atoms with van der Waals surface area (Å²) in [7, 11) is -1.96. The molecular formula is C18H20OSi. The van der Waals surface area contributed by atoms with Crippen LogP contribution in [0.1, 0.15) is 12.8 Å². The van der Waals surface area contributed by atoms with E-state index in [0.29, 0.717) is 0 Å². The summed E-state index contributed by atoms with van der Waals surface area (Å²) < 4.78 is 6.07. The molecule has 0 radical (unpaired) electrons. The molecule has 1 aliphatic heterocycles. The van der Waals surface area contributed by atoms with Gasteiger partial charge in [-0.15, -0.1) is 0 Å². The molecule has 102 valence electrons. The molecule has 0 amide bonds. The van der Waals surface area contributed by atoms with E-state index in [0.717, 1.165) is 19.4 Å². The minimum Gasteiger partial charge on any atom is -0.503 e. The molecule has 0 saturated heterocycles. The third kappa shape index (κ3) is 2.32. The van der Waals surface area contributed by atoms with Gasteiger partial charge in [-0.1, -0.05) is 73.3 Å². The molecular weight excluding hydrogens is 260 g/mol. The number of rotatable bonds is 3. The molecule has 3 rings (SSSR count). The lowest BCUT2D eigenvalue weighted by atomic mass is 10.3. The second kappa shape index (κ2) is 5.67. The second-order valence-electron chi connectivity index (χ2n) is 5.42. The van der Waals surface area contributed by atoms with E-state index in [-0.39, 0.29) is 0 Å². The summed E-state index contributed by atoms with van der Waals surface area (Å²) in [5.74, 6) is 0. The molecule has 20 heavy (non-hydrogen) atoms. The molecule has 0 fully saturated rings. The van der Waals surface area contributed by atoms with Gasteiger partial charge in [0.05, 0.1) is 12.0 Å². The summed E-state index contributed by atoms with van der Waals surface area (Å²) in [6.45, 7) is 3.25. The molecule has 2 aromatic rings. The van der Waals surface area contributed by atoms with Gasteiger partial charge in [-0.2, -0.15) is 0 Å². The molecule has 1 aliphatic rings. The van der Waals surface area contributed by atoms with Crippen LogP contribution < -0.4 is 10.4 Å². The second-order valence-corrected chi connectivity index (χ2v) is 9.31. The van der Waals surface area contributed by atoms with Gasteiger partial charge in [0.2, 0.25) is 0 Å². The van der Waals surface area contributed by atoms with Gasteiger partial charge in [0.1, 0.15) is 0 Å². The minimum atomic E-state index is -1.96. The lowest BCUT2D eigenvalue weighted by Gasteiger charge is -2.32. The van der Waals surface area contributed by atoms with Crippen molar-refractivity contribution in [2.45, 2.75) is 19.4 Å². The fourth-order valence-electron chi connectivity index (χ4n) is 2.90. The van der Waals surface area contributed by atoms with Crippen LogP contribution >= 0.6 is 0 Å². The highest BCUT2D eigenvalue weighted by molar-refractivity contribution is 7.06. The monoisotopic (exact) mass is 280 g/mol. The summed E-state index contributed by atoms with van der Waals surface area (Å²) in [5, 5.41) is 4.06. The summed E-state index contributed by atoms with van der Waals surface area (Å²) in [6.07, 6.45) is 4.59. The van der Waals surface area contributed by atoms with Crippen LogP contribution in [-0.4, -0.2) is 14.7 Å². The largest absolute Gasteiger partial charge is 0.503 e. The standard InChI is InChI=1S/C18H20OSi/c1-20(16-10-4-2-5-11-16,17-12-6-3-7-13-17)18-14-8-9-15-19-18/h2-7,10-14H,8-9,15H2,1H3. The van der Waals surface area contributed by atoms with Crippen LogP contribution in [0, 0.1) is 0 Å². The van der Waals surface area contributed by atoms with Gasteiger partial charge >= 0.3 is 0 Å². The zero-order valence-electron chi connectivity index (χ0n) is 11.9. The maximum absolute atomic E-state index is 6.07. The fraction of sp³-hybridized carbons (Fsp3) is 0.222. The number of hydrogen-bond acceptors (Lipinski definition) is 1. The molecule has 2 heteroatoms. The predicted octanol–water partition coefficient (Wildman–Crippen LogP) is 3.11. The van der Waals surface area contributed by atoms with E-state index in [1.807, 2.05) is 0 Å².